The summed E-state index contributed by atoms with van der Waals surface area (Å²) in [5, 5.41) is 57.5. The highest BCUT2D eigenvalue weighted by Crippen LogP contribution is 2.26. The maximum Gasteiger partial charge on any atom is 0.335 e. The van der Waals surface area contributed by atoms with Gasteiger partial charge in [0.2, 0.25) is 6.29 Å². The standard InChI is InChI=1S/C20H20O9/c21-12-7-11(8-13(22)9-12)2-1-10-3-5-14(6-4-10)28-20-17(25)15(23)16(24)18(29-20)19(26)27/h1-9,15-18,20-25H,(H,26,27)/b2-1-/t15-,16-,17+,18-,20?/m0/s1. The molecule has 9 heteroatoms. The molecular formula is C20H20O9. The third kappa shape index (κ3) is 4.84. The second-order valence-electron chi connectivity index (χ2n) is 6.54. The summed E-state index contributed by atoms with van der Waals surface area (Å²) in [6, 6.07) is 10.6. The Labute approximate surface area is 165 Å². The first kappa shape index (κ1) is 20.6. The van der Waals surface area contributed by atoms with Crippen LogP contribution in [0.2, 0.25) is 0 Å². The lowest BCUT2D eigenvalue weighted by Crippen LogP contribution is -2.61. The molecule has 0 radical (unpaired) electrons. The molecule has 0 saturated carbocycles. The molecule has 3 rings (SSSR count). The Hall–Kier alpha value is -3.11. The van der Waals surface area contributed by atoms with Crippen molar-refractivity contribution in [2.24, 2.45) is 0 Å². The molecule has 1 aliphatic heterocycles. The first-order chi connectivity index (χ1) is 13.7. The van der Waals surface area contributed by atoms with Gasteiger partial charge in [-0.05, 0) is 35.4 Å². The van der Waals surface area contributed by atoms with Gasteiger partial charge in [0.1, 0.15) is 35.6 Å². The average molecular weight is 404 g/mol. The smallest absolute Gasteiger partial charge is 0.335 e. The van der Waals surface area contributed by atoms with Gasteiger partial charge in [-0.1, -0.05) is 24.3 Å². The van der Waals surface area contributed by atoms with E-state index < -0.39 is 36.7 Å². The summed E-state index contributed by atoms with van der Waals surface area (Å²) in [6.07, 6.45) is -4.98. The first-order valence-electron chi connectivity index (χ1n) is 8.65. The van der Waals surface area contributed by atoms with E-state index >= 15 is 0 Å². The average Bonchev–Trinajstić information content (AvgIpc) is 2.67. The van der Waals surface area contributed by atoms with Crippen LogP contribution in [0.4, 0.5) is 0 Å². The quantitative estimate of drug-likeness (QED) is 0.391. The Morgan fingerprint density at radius 1 is 0.862 bits per heavy atom. The van der Waals surface area contributed by atoms with Crippen molar-refractivity contribution in [3.05, 3.63) is 53.6 Å². The lowest BCUT2D eigenvalue weighted by molar-refractivity contribution is -0.271. The monoisotopic (exact) mass is 404 g/mol. The fourth-order valence-electron chi connectivity index (χ4n) is 2.85. The molecule has 9 nitrogen and oxygen atoms in total. The number of benzene rings is 2. The third-order valence-corrected chi connectivity index (χ3v) is 4.34. The Bertz CT molecular complexity index is 873. The van der Waals surface area contributed by atoms with Crippen molar-refractivity contribution in [2.75, 3.05) is 0 Å². The van der Waals surface area contributed by atoms with Crippen LogP contribution in [0.15, 0.2) is 42.5 Å². The third-order valence-electron chi connectivity index (χ3n) is 4.34. The van der Waals surface area contributed by atoms with Gasteiger partial charge in [-0.3, -0.25) is 0 Å². The predicted octanol–water partition coefficient (Wildman–Crippen LogP) is 0.539. The molecule has 0 spiro atoms. The second kappa shape index (κ2) is 8.50. The van der Waals surface area contributed by atoms with Crippen LogP contribution in [-0.2, 0) is 9.53 Å². The normalized spacial score (nSPS) is 27.1. The van der Waals surface area contributed by atoms with Gasteiger partial charge >= 0.3 is 5.97 Å². The van der Waals surface area contributed by atoms with E-state index in [0.717, 1.165) is 5.56 Å². The number of carbonyl (C=O) groups is 1. The van der Waals surface area contributed by atoms with Gasteiger partial charge in [0.25, 0.3) is 0 Å². The number of phenolic OH excluding ortho intramolecular Hbond substituents is 2. The lowest BCUT2D eigenvalue weighted by atomic mass is 9.99. The largest absolute Gasteiger partial charge is 0.508 e. The zero-order valence-electron chi connectivity index (χ0n) is 15.0. The molecule has 1 fully saturated rings. The Balaban J connectivity index is 1.68. The Morgan fingerprint density at radius 3 is 2.03 bits per heavy atom. The predicted molar refractivity (Wildman–Crippen MR) is 100 cm³/mol. The van der Waals surface area contributed by atoms with Crippen molar-refractivity contribution in [3.63, 3.8) is 0 Å². The first-order valence-corrected chi connectivity index (χ1v) is 8.65. The maximum absolute atomic E-state index is 11.1. The van der Waals surface area contributed by atoms with Gasteiger partial charge in [0, 0.05) is 6.07 Å². The number of ether oxygens (including phenoxy) is 2. The molecule has 29 heavy (non-hydrogen) atoms. The van der Waals surface area contributed by atoms with Gasteiger partial charge in [-0.15, -0.1) is 0 Å². The van der Waals surface area contributed by atoms with E-state index in [1.165, 1.54) is 18.2 Å². The van der Waals surface area contributed by atoms with Crippen LogP contribution in [0, 0.1) is 0 Å². The molecule has 0 amide bonds. The molecule has 154 valence electrons. The number of carboxylic acid groups (broad SMARTS) is 1. The number of aliphatic hydroxyl groups is 3. The summed E-state index contributed by atoms with van der Waals surface area (Å²) in [7, 11) is 0. The minimum Gasteiger partial charge on any atom is -0.508 e. The van der Waals surface area contributed by atoms with Crippen molar-refractivity contribution >= 4 is 18.1 Å². The van der Waals surface area contributed by atoms with Crippen molar-refractivity contribution in [3.8, 4) is 17.2 Å². The van der Waals surface area contributed by atoms with Crippen LogP contribution in [0.25, 0.3) is 12.2 Å². The van der Waals surface area contributed by atoms with Crippen molar-refractivity contribution in [1.82, 2.24) is 0 Å². The maximum atomic E-state index is 11.1. The highest BCUT2D eigenvalue weighted by Gasteiger charge is 2.48. The molecule has 1 aliphatic rings. The van der Waals surface area contributed by atoms with Crippen LogP contribution in [0.5, 0.6) is 17.2 Å². The number of carboxylic acids is 1. The number of hydrogen-bond donors (Lipinski definition) is 6. The van der Waals surface area contributed by atoms with Gasteiger partial charge in [0.05, 0.1) is 0 Å². The van der Waals surface area contributed by atoms with Gasteiger partial charge in [-0.2, -0.15) is 0 Å². The molecule has 1 saturated heterocycles. The molecule has 2 aromatic rings. The van der Waals surface area contributed by atoms with Crippen LogP contribution < -0.4 is 4.74 Å². The molecule has 6 N–H and O–H groups in total. The van der Waals surface area contributed by atoms with Gasteiger partial charge in [-0.25, -0.2) is 4.79 Å². The second-order valence-corrected chi connectivity index (χ2v) is 6.54. The minimum atomic E-state index is -1.79. The van der Waals surface area contributed by atoms with Gasteiger partial charge in [0.15, 0.2) is 6.10 Å². The number of rotatable bonds is 5. The van der Waals surface area contributed by atoms with Crippen molar-refractivity contribution in [2.45, 2.75) is 30.7 Å². The van der Waals surface area contributed by atoms with E-state index in [2.05, 4.69) is 0 Å². The number of aliphatic carboxylic acids is 1. The zero-order valence-corrected chi connectivity index (χ0v) is 15.0. The SMILES string of the molecule is O=C(O)[C@H]1OC(Oc2ccc(/C=C\c3cc(O)cc(O)c3)cc2)[C@H](O)[C@@H](O)[C@@H]1O. The summed E-state index contributed by atoms with van der Waals surface area (Å²) < 4.78 is 10.5. The van der Waals surface area contributed by atoms with Crippen LogP contribution >= 0.6 is 0 Å². The highest BCUT2D eigenvalue weighted by molar-refractivity contribution is 5.73. The highest BCUT2D eigenvalue weighted by atomic mass is 16.7. The summed E-state index contributed by atoms with van der Waals surface area (Å²) in [6.45, 7) is 0. The molecule has 1 unspecified atom stereocenters. The Morgan fingerprint density at radius 2 is 1.45 bits per heavy atom. The molecular weight excluding hydrogens is 384 g/mol. The molecule has 0 aliphatic carbocycles. The van der Waals surface area contributed by atoms with E-state index in [1.54, 1.807) is 36.4 Å². The fraction of sp³-hybridized carbons (Fsp3) is 0.250. The topological polar surface area (TPSA) is 157 Å². The van der Waals surface area contributed by atoms with Crippen LogP contribution in [0.1, 0.15) is 11.1 Å². The summed E-state index contributed by atoms with van der Waals surface area (Å²) in [4.78, 5) is 11.1. The fourth-order valence-corrected chi connectivity index (χ4v) is 2.85. The zero-order chi connectivity index (χ0) is 21.1. The van der Waals surface area contributed by atoms with Crippen molar-refractivity contribution < 1.29 is 44.9 Å². The van der Waals surface area contributed by atoms with E-state index in [1.807, 2.05) is 0 Å². The summed E-state index contributed by atoms with van der Waals surface area (Å²) in [5.41, 5.74) is 1.35. The van der Waals surface area contributed by atoms with E-state index in [4.69, 9.17) is 14.6 Å². The van der Waals surface area contributed by atoms with Crippen LogP contribution in [0.3, 0.4) is 0 Å². The molecule has 5 atom stereocenters. The van der Waals surface area contributed by atoms with E-state index in [9.17, 15) is 30.3 Å². The number of phenols is 2. The molecule has 0 aromatic heterocycles. The van der Waals surface area contributed by atoms with Gasteiger partial charge < -0.3 is 40.1 Å². The molecule has 2 aromatic carbocycles. The number of hydrogen-bond acceptors (Lipinski definition) is 8. The number of aliphatic hydroxyl groups excluding tert-OH is 3. The molecule has 0 bridgehead atoms. The van der Waals surface area contributed by atoms with Crippen LogP contribution in [-0.4, -0.2) is 67.3 Å². The Kier molecular flexibility index (Phi) is 6.04. The number of aromatic hydroxyl groups is 2. The summed E-state index contributed by atoms with van der Waals surface area (Å²) >= 11 is 0. The lowest BCUT2D eigenvalue weighted by Gasteiger charge is -2.38. The minimum absolute atomic E-state index is 0.0635. The van der Waals surface area contributed by atoms with E-state index in [-0.39, 0.29) is 17.2 Å². The van der Waals surface area contributed by atoms with Crippen molar-refractivity contribution in [1.29, 1.82) is 0 Å². The van der Waals surface area contributed by atoms with E-state index in [0.29, 0.717) is 5.56 Å². The summed E-state index contributed by atoms with van der Waals surface area (Å²) in [5.74, 6) is -1.37. The molecule has 1 heterocycles.